The molecule has 0 saturated carbocycles. The van der Waals surface area contributed by atoms with E-state index in [4.69, 9.17) is 4.74 Å². The van der Waals surface area contributed by atoms with Gasteiger partial charge < -0.3 is 14.2 Å². The molecule has 0 saturated heterocycles. The third-order valence-corrected chi connectivity index (χ3v) is 4.64. The first-order chi connectivity index (χ1) is 10.6. The Kier molecular flexibility index (Phi) is 4.00. The summed E-state index contributed by atoms with van der Waals surface area (Å²) < 4.78 is 7.96. The normalized spacial score (nSPS) is 12.6. The van der Waals surface area contributed by atoms with Gasteiger partial charge >= 0.3 is 5.97 Å². The molecule has 0 aliphatic heterocycles. The zero-order chi connectivity index (χ0) is 15.7. The Hall–Kier alpha value is -2.11. The Labute approximate surface area is 132 Å². The first-order valence-corrected chi connectivity index (χ1v) is 7.93. The molecule has 114 valence electrons. The molecule has 1 unspecified atom stereocenters. The molecule has 4 nitrogen and oxygen atoms in total. The van der Waals surface area contributed by atoms with Crippen LogP contribution in [0.1, 0.15) is 39.5 Å². The van der Waals surface area contributed by atoms with Crippen LogP contribution in [-0.4, -0.2) is 15.5 Å². The summed E-state index contributed by atoms with van der Waals surface area (Å²) in [6, 6.07) is 9.54. The molecule has 0 radical (unpaired) electrons. The molecule has 3 aromatic rings. The molecular weight excluding hydrogens is 298 g/mol. The number of hydrogen-bond donors (Lipinski definition) is 1. The predicted octanol–water partition coefficient (Wildman–Crippen LogP) is 4.29. The van der Waals surface area contributed by atoms with Gasteiger partial charge in [0, 0.05) is 16.6 Å². The van der Waals surface area contributed by atoms with E-state index in [0.29, 0.717) is 12.2 Å². The van der Waals surface area contributed by atoms with Gasteiger partial charge in [-0.1, -0.05) is 6.07 Å². The van der Waals surface area contributed by atoms with Gasteiger partial charge in [-0.25, -0.2) is 4.79 Å². The van der Waals surface area contributed by atoms with Gasteiger partial charge in [0.2, 0.25) is 0 Å². The van der Waals surface area contributed by atoms with Crippen LogP contribution in [0.4, 0.5) is 0 Å². The van der Waals surface area contributed by atoms with Crippen LogP contribution < -0.4 is 0 Å². The van der Waals surface area contributed by atoms with Gasteiger partial charge in [0.15, 0.2) is 0 Å². The lowest BCUT2D eigenvalue weighted by atomic mass is 10.0. The first-order valence-electron chi connectivity index (χ1n) is 7.05. The van der Waals surface area contributed by atoms with Crippen molar-refractivity contribution < 1.29 is 14.6 Å². The molecular formula is C17H17NO3S. The van der Waals surface area contributed by atoms with E-state index in [0.717, 1.165) is 21.7 Å². The van der Waals surface area contributed by atoms with E-state index >= 15 is 0 Å². The van der Waals surface area contributed by atoms with Crippen molar-refractivity contribution in [3.63, 3.8) is 0 Å². The van der Waals surface area contributed by atoms with Crippen LogP contribution in [-0.2, 0) is 11.3 Å². The zero-order valence-electron chi connectivity index (χ0n) is 12.4. The SMILES string of the molecule is Cc1c(C(=O)O)cc2cccn2c1C(C)OCc1cccs1. The average molecular weight is 315 g/mol. The standard InChI is InChI=1S/C17H17NO3S/c1-11-15(17(19)20)9-13-5-3-7-18(13)16(11)12(2)21-10-14-6-4-8-22-14/h3-9,12H,10H2,1-2H3,(H,19,20). The number of pyridine rings is 1. The largest absolute Gasteiger partial charge is 0.478 e. The number of carboxylic acids is 1. The second-order valence-electron chi connectivity index (χ2n) is 5.21. The Bertz CT molecular complexity index is 805. The van der Waals surface area contributed by atoms with E-state index in [9.17, 15) is 9.90 Å². The third kappa shape index (κ3) is 2.65. The molecule has 0 aromatic carbocycles. The van der Waals surface area contributed by atoms with E-state index in [1.807, 2.05) is 54.1 Å². The Balaban J connectivity index is 1.98. The van der Waals surface area contributed by atoms with E-state index in [1.54, 1.807) is 17.4 Å². The van der Waals surface area contributed by atoms with Gasteiger partial charge in [0.25, 0.3) is 0 Å². The summed E-state index contributed by atoms with van der Waals surface area (Å²) in [4.78, 5) is 12.6. The molecule has 0 spiro atoms. The Morgan fingerprint density at radius 3 is 2.91 bits per heavy atom. The summed E-state index contributed by atoms with van der Waals surface area (Å²) >= 11 is 1.65. The smallest absolute Gasteiger partial charge is 0.336 e. The molecule has 0 bridgehead atoms. The molecule has 22 heavy (non-hydrogen) atoms. The average Bonchev–Trinajstić information content (AvgIpc) is 3.14. The number of carboxylic acid groups (broad SMARTS) is 1. The van der Waals surface area contributed by atoms with Crippen molar-refractivity contribution in [2.45, 2.75) is 26.6 Å². The fourth-order valence-corrected chi connectivity index (χ4v) is 3.33. The van der Waals surface area contributed by atoms with Gasteiger partial charge in [-0.3, -0.25) is 0 Å². The van der Waals surface area contributed by atoms with E-state index < -0.39 is 5.97 Å². The molecule has 0 aliphatic carbocycles. The molecule has 3 rings (SSSR count). The van der Waals surface area contributed by atoms with Crippen LogP contribution in [0.5, 0.6) is 0 Å². The monoisotopic (exact) mass is 315 g/mol. The van der Waals surface area contributed by atoms with Crippen LogP contribution in [0.15, 0.2) is 41.9 Å². The molecule has 3 aromatic heterocycles. The van der Waals surface area contributed by atoms with E-state index in [2.05, 4.69) is 0 Å². The number of aromatic nitrogens is 1. The van der Waals surface area contributed by atoms with Crippen LogP contribution >= 0.6 is 11.3 Å². The van der Waals surface area contributed by atoms with Gasteiger partial charge in [-0.2, -0.15) is 0 Å². The number of hydrogen-bond acceptors (Lipinski definition) is 3. The summed E-state index contributed by atoms with van der Waals surface area (Å²) in [7, 11) is 0. The molecule has 0 fully saturated rings. The van der Waals surface area contributed by atoms with Gasteiger partial charge in [0.05, 0.1) is 24.0 Å². The number of nitrogens with zero attached hydrogens (tertiary/aromatic N) is 1. The topological polar surface area (TPSA) is 50.9 Å². The third-order valence-electron chi connectivity index (χ3n) is 3.79. The highest BCUT2D eigenvalue weighted by Gasteiger charge is 2.19. The van der Waals surface area contributed by atoms with Crippen LogP contribution in [0.3, 0.4) is 0 Å². The number of rotatable bonds is 5. The number of thiophene rings is 1. The van der Waals surface area contributed by atoms with E-state index in [-0.39, 0.29) is 6.10 Å². The lowest BCUT2D eigenvalue weighted by Crippen LogP contribution is -2.12. The number of ether oxygens (including phenoxy) is 1. The van der Waals surface area contributed by atoms with Crippen LogP contribution in [0, 0.1) is 6.92 Å². The quantitative estimate of drug-likeness (QED) is 0.764. The fourth-order valence-electron chi connectivity index (χ4n) is 2.71. The van der Waals surface area contributed by atoms with Gasteiger partial charge in [-0.15, -0.1) is 11.3 Å². The first kappa shape index (κ1) is 14.8. The highest BCUT2D eigenvalue weighted by Crippen LogP contribution is 2.27. The lowest BCUT2D eigenvalue weighted by molar-refractivity contribution is 0.0500. The molecule has 3 heterocycles. The number of carbonyl (C=O) groups is 1. The van der Waals surface area contributed by atoms with Gasteiger partial charge in [-0.05, 0) is 49.1 Å². The summed E-state index contributed by atoms with van der Waals surface area (Å²) in [6.07, 6.45) is 1.74. The maximum atomic E-state index is 11.5. The van der Waals surface area contributed by atoms with E-state index in [1.165, 1.54) is 0 Å². The second-order valence-corrected chi connectivity index (χ2v) is 6.24. The minimum atomic E-state index is -0.909. The summed E-state index contributed by atoms with van der Waals surface area (Å²) in [5, 5.41) is 11.4. The zero-order valence-corrected chi connectivity index (χ0v) is 13.3. The van der Waals surface area contributed by atoms with Crippen molar-refractivity contribution in [2.75, 3.05) is 0 Å². The summed E-state index contributed by atoms with van der Waals surface area (Å²) in [6.45, 7) is 4.32. The van der Waals surface area contributed by atoms with Crippen LogP contribution in [0.2, 0.25) is 0 Å². The summed E-state index contributed by atoms with van der Waals surface area (Å²) in [5.74, 6) is -0.909. The second kappa shape index (κ2) is 5.94. The van der Waals surface area contributed by atoms with Crippen molar-refractivity contribution in [1.82, 2.24) is 4.40 Å². The van der Waals surface area contributed by atoms with Crippen molar-refractivity contribution >= 4 is 22.8 Å². The van der Waals surface area contributed by atoms with Crippen molar-refractivity contribution in [2.24, 2.45) is 0 Å². The van der Waals surface area contributed by atoms with Crippen molar-refractivity contribution in [3.05, 3.63) is 63.6 Å². The maximum absolute atomic E-state index is 11.5. The Morgan fingerprint density at radius 1 is 1.41 bits per heavy atom. The molecule has 0 aliphatic rings. The minimum absolute atomic E-state index is 0.198. The lowest BCUT2D eigenvalue weighted by Gasteiger charge is -2.19. The number of fused-ring (bicyclic) bond motifs is 1. The van der Waals surface area contributed by atoms with Crippen molar-refractivity contribution in [3.8, 4) is 0 Å². The highest BCUT2D eigenvalue weighted by molar-refractivity contribution is 7.09. The summed E-state index contributed by atoms with van der Waals surface area (Å²) in [5.41, 5.74) is 2.82. The molecule has 1 atom stereocenters. The molecule has 1 N–H and O–H groups in total. The minimum Gasteiger partial charge on any atom is -0.478 e. The predicted molar refractivity (Wildman–Crippen MR) is 86.6 cm³/mol. The van der Waals surface area contributed by atoms with Crippen molar-refractivity contribution in [1.29, 1.82) is 0 Å². The highest BCUT2D eigenvalue weighted by atomic mass is 32.1. The van der Waals surface area contributed by atoms with Gasteiger partial charge in [0.1, 0.15) is 0 Å². The van der Waals surface area contributed by atoms with Crippen LogP contribution in [0.25, 0.3) is 5.52 Å². The fraction of sp³-hybridized carbons (Fsp3) is 0.235. The molecule has 5 heteroatoms. The maximum Gasteiger partial charge on any atom is 0.336 e. The molecule has 0 amide bonds. The number of aromatic carboxylic acids is 1. The Morgan fingerprint density at radius 2 is 2.23 bits per heavy atom.